The van der Waals surface area contributed by atoms with E-state index in [1.807, 2.05) is 31.2 Å². The molecule has 1 aromatic heterocycles. The molecule has 3 rings (SSSR count). The number of nitrogens with two attached hydrogens (primary N) is 1. The van der Waals surface area contributed by atoms with Crippen molar-refractivity contribution < 1.29 is 9.53 Å². The Kier molecular flexibility index (Phi) is 5.66. The maximum absolute atomic E-state index is 12.6. The Hall–Kier alpha value is -2.40. The SMILES string of the molecule is Cc1cccnc1[C@H](NC(=O)c1ccc(OCCCN)cc1)C1CC1. The van der Waals surface area contributed by atoms with E-state index in [2.05, 4.69) is 10.3 Å². The molecule has 2 aromatic rings. The number of aryl methyl sites for hydroxylation is 1. The Morgan fingerprint density at radius 3 is 2.72 bits per heavy atom. The summed E-state index contributed by atoms with van der Waals surface area (Å²) in [7, 11) is 0. The van der Waals surface area contributed by atoms with Gasteiger partial charge in [0.05, 0.1) is 18.3 Å². The second kappa shape index (κ2) is 8.12. The van der Waals surface area contributed by atoms with Gasteiger partial charge in [-0.2, -0.15) is 0 Å². The lowest BCUT2D eigenvalue weighted by atomic mass is 10.0. The Morgan fingerprint density at radius 2 is 2.08 bits per heavy atom. The molecule has 1 amide bonds. The highest BCUT2D eigenvalue weighted by molar-refractivity contribution is 5.94. The van der Waals surface area contributed by atoms with Crippen molar-refractivity contribution in [3.05, 3.63) is 59.4 Å². The van der Waals surface area contributed by atoms with Gasteiger partial charge >= 0.3 is 0 Å². The van der Waals surface area contributed by atoms with Crippen molar-refractivity contribution >= 4 is 5.91 Å². The predicted molar refractivity (Wildman–Crippen MR) is 97.5 cm³/mol. The molecule has 0 saturated heterocycles. The smallest absolute Gasteiger partial charge is 0.251 e. The molecule has 0 spiro atoms. The summed E-state index contributed by atoms with van der Waals surface area (Å²) in [5.74, 6) is 1.16. The van der Waals surface area contributed by atoms with Crippen molar-refractivity contribution in [1.29, 1.82) is 0 Å². The predicted octanol–water partition coefficient (Wildman–Crippen LogP) is 3.00. The van der Waals surface area contributed by atoms with Gasteiger partial charge in [0, 0.05) is 11.8 Å². The first-order valence-corrected chi connectivity index (χ1v) is 8.84. The quantitative estimate of drug-likeness (QED) is 0.725. The third-order valence-electron chi connectivity index (χ3n) is 4.46. The number of nitrogens with zero attached hydrogens (tertiary/aromatic N) is 1. The standard InChI is InChI=1S/C20H25N3O2/c1-14-4-2-12-22-18(14)19(15-5-6-15)23-20(24)16-7-9-17(10-8-16)25-13-3-11-21/h2,4,7-10,12,15,19H,3,5-6,11,13,21H2,1H3,(H,23,24)/t19-/m1/s1. The molecule has 1 aliphatic rings. The first-order valence-electron chi connectivity index (χ1n) is 8.84. The number of benzene rings is 1. The molecule has 1 aromatic carbocycles. The molecular formula is C20H25N3O2. The molecule has 1 heterocycles. The van der Waals surface area contributed by atoms with Crippen molar-refractivity contribution in [3.63, 3.8) is 0 Å². The van der Waals surface area contributed by atoms with Crippen LogP contribution in [0.2, 0.25) is 0 Å². The van der Waals surface area contributed by atoms with Crippen LogP contribution in [0, 0.1) is 12.8 Å². The molecule has 0 unspecified atom stereocenters. The van der Waals surface area contributed by atoms with Crippen LogP contribution in [-0.4, -0.2) is 24.0 Å². The summed E-state index contributed by atoms with van der Waals surface area (Å²) >= 11 is 0. The van der Waals surface area contributed by atoms with E-state index in [-0.39, 0.29) is 11.9 Å². The van der Waals surface area contributed by atoms with Gasteiger partial charge in [-0.15, -0.1) is 0 Å². The Morgan fingerprint density at radius 1 is 1.32 bits per heavy atom. The zero-order chi connectivity index (χ0) is 17.6. The molecule has 0 bridgehead atoms. The third-order valence-corrected chi connectivity index (χ3v) is 4.46. The number of aromatic nitrogens is 1. The second-order valence-electron chi connectivity index (χ2n) is 6.51. The Labute approximate surface area is 148 Å². The third kappa shape index (κ3) is 4.57. The number of pyridine rings is 1. The second-order valence-corrected chi connectivity index (χ2v) is 6.51. The van der Waals surface area contributed by atoms with E-state index < -0.39 is 0 Å². The van der Waals surface area contributed by atoms with Crippen LogP contribution in [-0.2, 0) is 0 Å². The van der Waals surface area contributed by atoms with E-state index in [1.165, 1.54) is 0 Å². The van der Waals surface area contributed by atoms with Crippen LogP contribution in [0.15, 0.2) is 42.6 Å². The summed E-state index contributed by atoms with van der Waals surface area (Å²) in [6.07, 6.45) is 4.87. The summed E-state index contributed by atoms with van der Waals surface area (Å²) in [4.78, 5) is 17.1. The van der Waals surface area contributed by atoms with Crippen molar-refractivity contribution in [3.8, 4) is 5.75 Å². The Balaban J connectivity index is 1.67. The van der Waals surface area contributed by atoms with E-state index in [4.69, 9.17) is 10.5 Å². The lowest BCUT2D eigenvalue weighted by molar-refractivity contribution is 0.0930. The average molecular weight is 339 g/mol. The summed E-state index contributed by atoms with van der Waals surface area (Å²) in [6, 6.07) is 11.2. The molecule has 1 atom stereocenters. The molecule has 132 valence electrons. The molecule has 1 fully saturated rings. The van der Waals surface area contributed by atoms with Crippen LogP contribution in [0.4, 0.5) is 0 Å². The molecule has 0 aliphatic heterocycles. The monoisotopic (exact) mass is 339 g/mol. The molecule has 5 nitrogen and oxygen atoms in total. The van der Waals surface area contributed by atoms with Crippen molar-refractivity contribution in [2.24, 2.45) is 11.7 Å². The fourth-order valence-electron chi connectivity index (χ4n) is 2.86. The Bertz CT molecular complexity index is 711. The minimum absolute atomic E-state index is 0.0193. The number of nitrogens with one attached hydrogen (secondary N) is 1. The van der Waals surface area contributed by atoms with Crippen LogP contribution in [0.5, 0.6) is 5.75 Å². The maximum Gasteiger partial charge on any atom is 0.251 e. The number of hydrogen-bond donors (Lipinski definition) is 2. The van der Waals surface area contributed by atoms with Crippen LogP contribution in [0.3, 0.4) is 0 Å². The van der Waals surface area contributed by atoms with Gasteiger partial charge in [0.1, 0.15) is 5.75 Å². The number of ether oxygens (including phenoxy) is 1. The molecule has 1 aliphatic carbocycles. The van der Waals surface area contributed by atoms with Gasteiger partial charge in [0.15, 0.2) is 0 Å². The van der Waals surface area contributed by atoms with Gasteiger partial charge in [-0.3, -0.25) is 9.78 Å². The molecule has 0 radical (unpaired) electrons. The number of amides is 1. The summed E-state index contributed by atoms with van der Waals surface area (Å²) in [6.45, 7) is 3.23. The lowest BCUT2D eigenvalue weighted by Gasteiger charge is -2.19. The van der Waals surface area contributed by atoms with Crippen LogP contribution in [0.1, 0.15) is 46.9 Å². The summed E-state index contributed by atoms with van der Waals surface area (Å²) < 4.78 is 5.57. The average Bonchev–Trinajstić information content (AvgIpc) is 3.46. The zero-order valence-corrected chi connectivity index (χ0v) is 14.6. The highest BCUT2D eigenvalue weighted by atomic mass is 16.5. The molecule has 25 heavy (non-hydrogen) atoms. The van der Waals surface area contributed by atoms with E-state index in [9.17, 15) is 4.79 Å². The summed E-state index contributed by atoms with van der Waals surface area (Å²) in [5.41, 5.74) is 8.17. The van der Waals surface area contributed by atoms with E-state index in [0.29, 0.717) is 24.6 Å². The zero-order valence-electron chi connectivity index (χ0n) is 14.6. The largest absolute Gasteiger partial charge is 0.494 e. The number of carbonyl (C=O) groups is 1. The summed E-state index contributed by atoms with van der Waals surface area (Å²) in [5, 5.41) is 3.17. The van der Waals surface area contributed by atoms with Gasteiger partial charge in [-0.1, -0.05) is 6.07 Å². The van der Waals surface area contributed by atoms with Gasteiger partial charge in [-0.05, 0) is 74.5 Å². The van der Waals surface area contributed by atoms with Crippen LogP contribution >= 0.6 is 0 Å². The van der Waals surface area contributed by atoms with Crippen molar-refractivity contribution in [2.45, 2.75) is 32.2 Å². The van der Waals surface area contributed by atoms with E-state index >= 15 is 0 Å². The number of hydrogen-bond acceptors (Lipinski definition) is 4. The molecule has 3 N–H and O–H groups in total. The minimum atomic E-state index is -0.0736. The fraction of sp³-hybridized carbons (Fsp3) is 0.400. The minimum Gasteiger partial charge on any atom is -0.494 e. The first kappa shape index (κ1) is 17.4. The highest BCUT2D eigenvalue weighted by Crippen LogP contribution is 2.41. The van der Waals surface area contributed by atoms with E-state index in [1.54, 1.807) is 18.3 Å². The van der Waals surface area contributed by atoms with Gasteiger partial charge in [0.2, 0.25) is 0 Å². The van der Waals surface area contributed by atoms with Gasteiger partial charge in [-0.25, -0.2) is 0 Å². The van der Waals surface area contributed by atoms with Crippen LogP contribution < -0.4 is 15.8 Å². The van der Waals surface area contributed by atoms with Crippen molar-refractivity contribution in [1.82, 2.24) is 10.3 Å². The van der Waals surface area contributed by atoms with Crippen molar-refractivity contribution in [2.75, 3.05) is 13.2 Å². The van der Waals surface area contributed by atoms with E-state index in [0.717, 1.165) is 36.3 Å². The number of carbonyl (C=O) groups excluding carboxylic acids is 1. The van der Waals surface area contributed by atoms with Crippen LogP contribution in [0.25, 0.3) is 0 Å². The van der Waals surface area contributed by atoms with Gasteiger partial charge in [0.25, 0.3) is 5.91 Å². The van der Waals surface area contributed by atoms with Gasteiger partial charge < -0.3 is 15.8 Å². The lowest BCUT2D eigenvalue weighted by Crippen LogP contribution is -2.31. The molecule has 5 heteroatoms. The number of rotatable bonds is 8. The fourth-order valence-corrected chi connectivity index (χ4v) is 2.86. The topological polar surface area (TPSA) is 77.2 Å². The molecular weight excluding hydrogens is 314 g/mol. The molecule has 1 saturated carbocycles. The first-order chi connectivity index (χ1) is 12.2. The maximum atomic E-state index is 12.6. The normalized spacial score (nSPS) is 14.8. The highest BCUT2D eigenvalue weighted by Gasteiger charge is 2.35.